The maximum absolute atomic E-state index is 12.3. The van der Waals surface area contributed by atoms with Gasteiger partial charge in [-0.1, -0.05) is 0 Å². The Bertz CT molecular complexity index is 559. The molecule has 0 saturated carbocycles. The Hall–Kier alpha value is -1.63. The first-order chi connectivity index (χ1) is 10.1. The first-order valence-corrected chi connectivity index (χ1v) is 8.23. The van der Waals surface area contributed by atoms with Crippen LogP contribution in [0, 0.1) is 5.41 Å². The molecule has 0 aromatic carbocycles. The van der Waals surface area contributed by atoms with Crippen molar-refractivity contribution in [1.29, 1.82) is 0 Å². The normalized spacial score (nSPS) is 25.3. The highest BCUT2D eigenvalue weighted by molar-refractivity contribution is 7.13. The SMILES string of the molecule is Nc1nc(CCC(=O)N2CCC3(CCCNC3=O)C2)cs1. The van der Waals surface area contributed by atoms with Crippen molar-refractivity contribution < 1.29 is 9.59 Å². The van der Waals surface area contributed by atoms with E-state index in [1.807, 2.05) is 10.3 Å². The minimum atomic E-state index is -0.334. The smallest absolute Gasteiger partial charge is 0.228 e. The Morgan fingerprint density at radius 1 is 1.52 bits per heavy atom. The van der Waals surface area contributed by atoms with E-state index in [0.29, 0.717) is 31.1 Å². The number of aryl methyl sites for hydroxylation is 1. The zero-order chi connectivity index (χ0) is 14.9. The molecule has 6 nitrogen and oxygen atoms in total. The highest BCUT2D eigenvalue weighted by Gasteiger charge is 2.46. The van der Waals surface area contributed by atoms with Crippen LogP contribution in [0.3, 0.4) is 0 Å². The summed E-state index contributed by atoms with van der Waals surface area (Å²) in [5, 5.41) is 5.37. The molecule has 3 rings (SSSR count). The van der Waals surface area contributed by atoms with Gasteiger partial charge < -0.3 is 16.0 Å². The molecule has 3 N–H and O–H groups in total. The lowest BCUT2D eigenvalue weighted by Crippen LogP contribution is -2.47. The average molecular weight is 308 g/mol. The van der Waals surface area contributed by atoms with Crippen LogP contribution in [-0.2, 0) is 16.0 Å². The average Bonchev–Trinajstić information content (AvgIpc) is 3.07. The van der Waals surface area contributed by atoms with Crippen molar-refractivity contribution in [2.45, 2.75) is 32.1 Å². The number of likely N-dealkylation sites (tertiary alicyclic amines) is 1. The zero-order valence-electron chi connectivity index (χ0n) is 11.9. The third-order valence-electron chi connectivity index (χ3n) is 4.47. The Labute approximate surface area is 127 Å². The number of rotatable bonds is 3. The van der Waals surface area contributed by atoms with Crippen LogP contribution in [0.2, 0.25) is 0 Å². The summed E-state index contributed by atoms with van der Waals surface area (Å²) in [7, 11) is 0. The van der Waals surface area contributed by atoms with Crippen molar-refractivity contribution in [3.63, 3.8) is 0 Å². The van der Waals surface area contributed by atoms with E-state index in [9.17, 15) is 9.59 Å². The molecule has 1 aromatic heterocycles. The van der Waals surface area contributed by atoms with Gasteiger partial charge in [-0.25, -0.2) is 4.98 Å². The number of hydrogen-bond donors (Lipinski definition) is 2. The molecular formula is C14H20N4O2S. The first kappa shape index (κ1) is 14.3. The molecule has 114 valence electrons. The second-order valence-electron chi connectivity index (χ2n) is 5.88. The molecule has 3 heterocycles. The number of nitrogens with one attached hydrogen (secondary N) is 1. The van der Waals surface area contributed by atoms with Crippen LogP contribution in [0.4, 0.5) is 5.13 Å². The van der Waals surface area contributed by atoms with Crippen molar-refractivity contribution >= 4 is 28.3 Å². The number of anilines is 1. The molecule has 2 aliphatic rings. The molecule has 1 unspecified atom stereocenters. The van der Waals surface area contributed by atoms with E-state index >= 15 is 0 Å². The van der Waals surface area contributed by atoms with Crippen molar-refractivity contribution in [1.82, 2.24) is 15.2 Å². The summed E-state index contributed by atoms with van der Waals surface area (Å²) < 4.78 is 0. The lowest BCUT2D eigenvalue weighted by atomic mass is 9.79. The maximum atomic E-state index is 12.3. The fourth-order valence-corrected chi connectivity index (χ4v) is 3.83. The zero-order valence-corrected chi connectivity index (χ0v) is 12.7. The van der Waals surface area contributed by atoms with Crippen molar-refractivity contribution in [2.75, 3.05) is 25.4 Å². The summed E-state index contributed by atoms with van der Waals surface area (Å²) in [6.45, 7) is 2.02. The summed E-state index contributed by atoms with van der Waals surface area (Å²) in [4.78, 5) is 30.4. The third-order valence-corrected chi connectivity index (χ3v) is 5.19. The number of piperidine rings is 1. The van der Waals surface area contributed by atoms with Crippen LogP contribution < -0.4 is 11.1 Å². The van der Waals surface area contributed by atoms with Gasteiger partial charge in [0.15, 0.2) is 5.13 Å². The molecule has 0 bridgehead atoms. The summed E-state index contributed by atoms with van der Waals surface area (Å²) in [6, 6.07) is 0. The van der Waals surface area contributed by atoms with Gasteiger partial charge in [0.2, 0.25) is 11.8 Å². The number of nitrogens with two attached hydrogens (primary N) is 1. The number of carbonyl (C=O) groups is 2. The Morgan fingerprint density at radius 3 is 3.10 bits per heavy atom. The van der Waals surface area contributed by atoms with Gasteiger partial charge in [-0.05, 0) is 25.7 Å². The van der Waals surface area contributed by atoms with E-state index in [0.717, 1.165) is 31.5 Å². The topological polar surface area (TPSA) is 88.3 Å². The Balaban J connectivity index is 1.55. The van der Waals surface area contributed by atoms with Crippen LogP contribution in [0.25, 0.3) is 0 Å². The lowest BCUT2D eigenvalue weighted by Gasteiger charge is -2.32. The number of amides is 2. The molecule has 2 saturated heterocycles. The van der Waals surface area contributed by atoms with E-state index in [1.54, 1.807) is 0 Å². The molecule has 2 amide bonds. The largest absolute Gasteiger partial charge is 0.375 e. The third kappa shape index (κ3) is 2.88. The number of nitrogens with zero attached hydrogens (tertiary/aromatic N) is 2. The molecule has 2 fully saturated rings. The molecule has 0 radical (unpaired) electrons. The van der Waals surface area contributed by atoms with Gasteiger partial charge in [0, 0.05) is 31.4 Å². The van der Waals surface area contributed by atoms with Crippen LogP contribution in [0.5, 0.6) is 0 Å². The van der Waals surface area contributed by atoms with Crippen LogP contribution >= 0.6 is 11.3 Å². The van der Waals surface area contributed by atoms with Gasteiger partial charge in [-0.2, -0.15) is 0 Å². The maximum Gasteiger partial charge on any atom is 0.228 e. The Kier molecular flexibility index (Phi) is 3.84. The fourth-order valence-electron chi connectivity index (χ4n) is 3.24. The molecule has 1 aromatic rings. The molecular weight excluding hydrogens is 288 g/mol. The predicted octanol–water partition coefficient (Wildman–Crippen LogP) is 0.787. The summed E-state index contributed by atoms with van der Waals surface area (Å²) in [5.41, 5.74) is 6.12. The summed E-state index contributed by atoms with van der Waals surface area (Å²) >= 11 is 1.40. The van der Waals surface area contributed by atoms with Crippen molar-refractivity contribution in [3.05, 3.63) is 11.1 Å². The minimum absolute atomic E-state index is 0.108. The number of carbonyl (C=O) groups excluding carboxylic acids is 2. The number of aromatic nitrogens is 1. The number of hydrogen-bond acceptors (Lipinski definition) is 5. The van der Waals surface area contributed by atoms with Crippen LogP contribution in [0.15, 0.2) is 5.38 Å². The van der Waals surface area contributed by atoms with Crippen LogP contribution in [-0.4, -0.2) is 41.3 Å². The molecule has 1 spiro atoms. The number of nitrogen functional groups attached to an aromatic ring is 1. The Morgan fingerprint density at radius 2 is 2.38 bits per heavy atom. The standard InChI is InChI=1S/C14H20N4O2S/c15-13-17-10(8-21-13)2-3-11(19)18-7-5-14(9-18)4-1-6-16-12(14)20/h8H,1-7,9H2,(H2,15,17)(H,16,20). The van der Waals surface area contributed by atoms with E-state index in [4.69, 9.17) is 5.73 Å². The van der Waals surface area contributed by atoms with Gasteiger partial charge in [-0.15, -0.1) is 11.3 Å². The quantitative estimate of drug-likeness (QED) is 0.864. The predicted molar refractivity (Wildman–Crippen MR) is 80.7 cm³/mol. The monoisotopic (exact) mass is 308 g/mol. The van der Waals surface area contributed by atoms with Gasteiger partial charge in [-0.3, -0.25) is 9.59 Å². The molecule has 2 aliphatic heterocycles. The van der Waals surface area contributed by atoms with Gasteiger partial charge in [0.05, 0.1) is 11.1 Å². The lowest BCUT2D eigenvalue weighted by molar-refractivity contribution is -0.134. The van der Waals surface area contributed by atoms with Crippen LogP contribution in [0.1, 0.15) is 31.4 Å². The van der Waals surface area contributed by atoms with E-state index in [1.165, 1.54) is 11.3 Å². The van der Waals surface area contributed by atoms with E-state index < -0.39 is 0 Å². The fraction of sp³-hybridized carbons (Fsp3) is 0.643. The second kappa shape index (κ2) is 5.63. The van der Waals surface area contributed by atoms with Gasteiger partial charge >= 0.3 is 0 Å². The minimum Gasteiger partial charge on any atom is -0.375 e. The van der Waals surface area contributed by atoms with Gasteiger partial charge in [0.1, 0.15) is 0 Å². The van der Waals surface area contributed by atoms with E-state index in [2.05, 4.69) is 10.3 Å². The molecule has 7 heteroatoms. The first-order valence-electron chi connectivity index (χ1n) is 7.35. The molecule has 21 heavy (non-hydrogen) atoms. The van der Waals surface area contributed by atoms with E-state index in [-0.39, 0.29) is 17.2 Å². The van der Waals surface area contributed by atoms with Crippen molar-refractivity contribution in [2.24, 2.45) is 5.41 Å². The molecule has 1 atom stereocenters. The summed E-state index contributed by atoms with van der Waals surface area (Å²) in [6.07, 6.45) is 3.73. The highest BCUT2D eigenvalue weighted by atomic mass is 32.1. The summed E-state index contributed by atoms with van der Waals surface area (Å²) in [5.74, 6) is 0.230. The second-order valence-corrected chi connectivity index (χ2v) is 6.77. The highest BCUT2D eigenvalue weighted by Crippen LogP contribution is 2.37. The van der Waals surface area contributed by atoms with Gasteiger partial charge in [0.25, 0.3) is 0 Å². The molecule has 0 aliphatic carbocycles. The van der Waals surface area contributed by atoms with Crippen molar-refractivity contribution in [3.8, 4) is 0 Å². The number of thiazole rings is 1.